The summed E-state index contributed by atoms with van der Waals surface area (Å²) in [5.74, 6) is 1.36. The van der Waals surface area contributed by atoms with Crippen molar-refractivity contribution in [2.24, 2.45) is 0 Å². The fourth-order valence-electron chi connectivity index (χ4n) is 2.30. The molecule has 2 aromatic rings. The predicted molar refractivity (Wildman–Crippen MR) is 84.8 cm³/mol. The van der Waals surface area contributed by atoms with Crippen molar-refractivity contribution in [3.63, 3.8) is 0 Å². The van der Waals surface area contributed by atoms with Gasteiger partial charge in [-0.05, 0) is 54.4 Å². The van der Waals surface area contributed by atoms with Crippen molar-refractivity contribution in [2.45, 2.75) is 13.5 Å². The molecule has 0 saturated carbocycles. The second kappa shape index (κ2) is 6.28. The molecule has 0 atom stereocenters. The highest BCUT2D eigenvalue weighted by Gasteiger charge is 2.14. The minimum Gasteiger partial charge on any atom is -0.486 e. The third-order valence-corrected chi connectivity index (χ3v) is 3.80. The maximum absolute atomic E-state index is 12.1. The molecule has 0 fully saturated rings. The van der Waals surface area contributed by atoms with Crippen LogP contribution in [0.3, 0.4) is 0 Å². The van der Waals surface area contributed by atoms with Crippen LogP contribution in [-0.2, 0) is 6.54 Å². The van der Waals surface area contributed by atoms with Gasteiger partial charge in [0.2, 0.25) is 0 Å². The quantitative estimate of drug-likeness (QED) is 0.944. The highest BCUT2D eigenvalue weighted by Crippen LogP contribution is 2.32. The molecule has 0 aromatic heterocycles. The summed E-state index contributed by atoms with van der Waals surface area (Å²) in [6, 6.07) is 10.7. The molecular formula is C17H16ClNO3. The normalized spacial score (nSPS) is 12.8. The smallest absolute Gasteiger partial charge is 0.251 e. The van der Waals surface area contributed by atoms with Gasteiger partial charge in [-0.25, -0.2) is 0 Å². The molecule has 22 heavy (non-hydrogen) atoms. The van der Waals surface area contributed by atoms with Crippen LogP contribution in [0, 0.1) is 6.92 Å². The van der Waals surface area contributed by atoms with Gasteiger partial charge >= 0.3 is 0 Å². The molecular weight excluding hydrogens is 302 g/mol. The van der Waals surface area contributed by atoms with E-state index in [-0.39, 0.29) is 5.91 Å². The van der Waals surface area contributed by atoms with E-state index in [0.29, 0.717) is 30.3 Å². The van der Waals surface area contributed by atoms with E-state index in [4.69, 9.17) is 21.1 Å². The number of carbonyl (C=O) groups is 1. The lowest BCUT2D eigenvalue weighted by molar-refractivity contribution is 0.0951. The number of ether oxygens (including phenoxy) is 2. The number of hydrogen-bond acceptors (Lipinski definition) is 3. The molecule has 0 saturated heterocycles. The van der Waals surface area contributed by atoms with E-state index >= 15 is 0 Å². The Bertz CT molecular complexity index is 698. The fourth-order valence-corrected chi connectivity index (χ4v) is 2.43. The van der Waals surface area contributed by atoms with Crippen LogP contribution in [0.1, 0.15) is 21.5 Å². The Morgan fingerprint density at radius 3 is 2.45 bits per heavy atom. The molecule has 0 radical (unpaired) electrons. The van der Waals surface area contributed by atoms with Crippen molar-refractivity contribution in [3.8, 4) is 11.5 Å². The van der Waals surface area contributed by atoms with Crippen molar-refractivity contribution in [1.29, 1.82) is 0 Å². The largest absolute Gasteiger partial charge is 0.486 e. The van der Waals surface area contributed by atoms with Gasteiger partial charge in [0, 0.05) is 17.1 Å². The number of fused-ring (bicyclic) bond motifs is 1. The lowest BCUT2D eigenvalue weighted by atomic mass is 10.1. The van der Waals surface area contributed by atoms with Crippen molar-refractivity contribution in [3.05, 3.63) is 58.1 Å². The molecule has 1 aliphatic rings. The van der Waals surface area contributed by atoms with Crippen LogP contribution in [0.5, 0.6) is 11.5 Å². The summed E-state index contributed by atoms with van der Waals surface area (Å²) in [4.78, 5) is 12.1. The van der Waals surface area contributed by atoms with Crippen LogP contribution < -0.4 is 14.8 Å². The number of benzene rings is 2. The second-order valence-corrected chi connectivity index (χ2v) is 5.55. The average Bonchev–Trinajstić information content (AvgIpc) is 2.53. The van der Waals surface area contributed by atoms with E-state index in [1.165, 1.54) is 0 Å². The molecule has 1 N–H and O–H groups in total. The van der Waals surface area contributed by atoms with Crippen LogP contribution in [0.2, 0.25) is 5.02 Å². The van der Waals surface area contributed by atoms with Crippen LogP contribution in [-0.4, -0.2) is 19.1 Å². The van der Waals surface area contributed by atoms with E-state index in [9.17, 15) is 4.79 Å². The van der Waals surface area contributed by atoms with Gasteiger partial charge < -0.3 is 14.8 Å². The summed E-state index contributed by atoms with van der Waals surface area (Å²) in [6.45, 7) is 3.54. The van der Waals surface area contributed by atoms with Crippen LogP contribution in [0.4, 0.5) is 0 Å². The number of nitrogens with one attached hydrogen (secondary N) is 1. The van der Waals surface area contributed by atoms with Gasteiger partial charge in [0.15, 0.2) is 11.5 Å². The Hall–Kier alpha value is -2.20. The minimum atomic E-state index is -0.133. The first-order valence-corrected chi connectivity index (χ1v) is 7.44. The van der Waals surface area contributed by atoms with Gasteiger partial charge in [-0.15, -0.1) is 0 Å². The maximum atomic E-state index is 12.1. The molecule has 0 bridgehead atoms. The van der Waals surface area contributed by atoms with E-state index in [1.807, 2.05) is 19.1 Å². The third-order valence-electron chi connectivity index (χ3n) is 3.55. The SMILES string of the molecule is Cc1cc2c(cc1CNC(=O)c1ccc(Cl)cc1)OCCO2. The molecule has 0 aliphatic carbocycles. The summed E-state index contributed by atoms with van der Waals surface area (Å²) in [5, 5.41) is 3.51. The number of carbonyl (C=O) groups excluding carboxylic acids is 1. The monoisotopic (exact) mass is 317 g/mol. The van der Waals surface area contributed by atoms with Gasteiger partial charge in [0.1, 0.15) is 13.2 Å². The van der Waals surface area contributed by atoms with Gasteiger partial charge in [0.05, 0.1) is 0 Å². The lowest BCUT2D eigenvalue weighted by Gasteiger charge is -2.20. The van der Waals surface area contributed by atoms with E-state index < -0.39 is 0 Å². The molecule has 3 rings (SSSR count). The highest BCUT2D eigenvalue weighted by atomic mass is 35.5. The van der Waals surface area contributed by atoms with E-state index in [1.54, 1.807) is 24.3 Å². The first-order valence-electron chi connectivity index (χ1n) is 7.06. The highest BCUT2D eigenvalue weighted by molar-refractivity contribution is 6.30. The second-order valence-electron chi connectivity index (χ2n) is 5.11. The molecule has 0 unspecified atom stereocenters. The summed E-state index contributed by atoms with van der Waals surface area (Å²) in [5.41, 5.74) is 2.65. The summed E-state index contributed by atoms with van der Waals surface area (Å²) >= 11 is 5.82. The zero-order valence-corrected chi connectivity index (χ0v) is 12.9. The third kappa shape index (κ3) is 3.17. The average molecular weight is 318 g/mol. The summed E-state index contributed by atoms with van der Waals surface area (Å²) < 4.78 is 11.1. The number of hydrogen-bond donors (Lipinski definition) is 1. The predicted octanol–water partition coefficient (Wildman–Crippen LogP) is 3.35. The van der Waals surface area contributed by atoms with Gasteiger partial charge in [-0.2, -0.15) is 0 Å². The Morgan fingerprint density at radius 2 is 1.77 bits per heavy atom. The van der Waals surface area contributed by atoms with Crippen molar-refractivity contribution in [1.82, 2.24) is 5.32 Å². The molecule has 5 heteroatoms. The first kappa shape index (κ1) is 14.7. The topological polar surface area (TPSA) is 47.6 Å². The molecule has 1 amide bonds. The van der Waals surface area contributed by atoms with Crippen molar-refractivity contribution < 1.29 is 14.3 Å². The molecule has 1 heterocycles. The van der Waals surface area contributed by atoms with Crippen molar-refractivity contribution >= 4 is 17.5 Å². The minimum absolute atomic E-state index is 0.133. The maximum Gasteiger partial charge on any atom is 0.251 e. The standard InChI is InChI=1S/C17H16ClNO3/c1-11-8-15-16(22-7-6-21-15)9-13(11)10-19-17(20)12-2-4-14(18)5-3-12/h2-5,8-9H,6-7,10H2,1H3,(H,19,20). The number of amides is 1. The zero-order chi connectivity index (χ0) is 15.5. The Balaban J connectivity index is 1.71. The van der Waals surface area contributed by atoms with Crippen molar-refractivity contribution in [2.75, 3.05) is 13.2 Å². The van der Waals surface area contributed by atoms with Gasteiger partial charge in [-0.3, -0.25) is 4.79 Å². The van der Waals surface area contributed by atoms with Gasteiger partial charge in [0.25, 0.3) is 5.91 Å². The van der Waals surface area contributed by atoms with E-state index in [0.717, 1.165) is 22.6 Å². The van der Waals surface area contributed by atoms with Crippen LogP contribution >= 0.6 is 11.6 Å². The molecule has 114 valence electrons. The summed E-state index contributed by atoms with van der Waals surface area (Å²) in [7, 11) is 0. The van der Waals surface area contributed by atoms with E-state index in [2.05, 4.69) is 5.32 Å². The summed E-state index contributed by atoms with van der Waals surface area (Å²) in [6.07, 6.45) is 0. The lowest BCUT2D eigenvalue weighted by Crippen LogP contribution is -2.23. The Morgan fingerprint density at radius 1 is 1.14 bits per heavy atom. The number of aryl methyl sites for hydroxylation is 1. The van der Waals surface area contributed by atoms with Gasteiger partial charge in [-0.1, -0.05) is 11.6 Å². The fraction of sp³-hybridized carbons (Fsp3) is 0.235. The van der Waals surface area contributed by atoms with Crippen LogP contribution in [0.25, 0.3) is 0 Å². The number of halogens is 1. The molecule has 4 nitrogen and oxygen atoms in total. The number of rotatable bonds is 3. The first-order chi connectivity index (χ1) is 10.6. The molecule has 0 spiro atoms. The van der Waals surface area contributed by atoms with Crippen LogP contribution in [0.15, 0.2) is 36.4 Å². The molecule has 1 aliphatic heterocycles. The zero-order valence-electron chi connectivity index (χ0n) is 12.2. The Labute approximate surface area is 134 Å². The molecule has 2 aromatic carbocycles. The Kier molecular flexibility index (Phi) is 4.20.